The molecule has 0 bridgehead atoms. The van der Waals surface area contributed by atoms with Gasteiger partial charge < -0.3 is 39.7 Å². The average molecular weight is 748 g/mol. The van der Waals surface area contributed by atoms with Crippen LogP contribution in [0.1, 0.15) is 28.5 Å². The molecular formula is C33H34F5N9O6. The molecule has 20 heteroatoms. The van der Waals surface area contributed by atoms with Gasteiger partial charge in [-0.1, -0.05) is 13.0 Å². The quantitative estimate of drug-likeness (QED) is 0.216. The Morgan fingerprint density at radius 2 is 1.70 bits per heavy atom. The van der Waals surface area contributed by atoms with E-state index in [-0.39, 0.29) is 56.1 Å². The molecule has 6 rings (SSSR count). The summed E-state index contributed by atoms with van der Waals surface area (Å²) < 4.78 is 76.0. The molecule has 53 heavy (non-hydrogen) atoms. The number of aromatic nitrogens is 4. The van der Waals surface area contributed by atoms with E-state index in [1.54, 1.807) is 16.7 Å². The van der Waals surface area contributed by atoms with E-state index in [1.165, 1.54) is 15.5 Å². The molecule has 3 N–H and O–H groups in total. The number of phenols is 1. The van der Waals surface area contributed by atoms with Crippen molar-refractivity contribution in [3.05, 3.63) is 75.2 Å². The normalized spacial score (nSPS) is 15.2. The number of ether oxygens (including phenoxy) is 1. The van der Waals surface area contributed by atoms with Crippen LogP contribution in [0.15, 0.2) is 41.2 Å². The van der Waals surface area contributed by atoms with Gasteiger partial charge in [0.15, 0.2) is 11.6 Å². The molecule has 4 aromatic rings. The highest BCUT2D eigenvalue weighted by atomic mass is 19.4. The van der Waals surface area contributed by atoms with Gasteiger partial charge in [-0.2, -0.15) is 22.7 Å². The van der Waals surface area contributed by atoms with Gasteiger partial charge in [0.2, 0.25) is 23.5 Å². The number of alkyl halides is 3. The van der Waals surface area contributed by atoms with Crippen LogP contribution >= 0.6 is 0 Å². The molecule has 2 aliphatic heterocycles. The molecule has 0 radical (unpaired) electrons. The summed E-state index contributed by atoms with van der Waals surface area (Å²) >= 11 is 0. The Balaban J connectivity index is 1.25. The van der Waals surface area contributed by atoms with Crippen LogP contribution in [-0.4, -0.2) is 106 Å². The van der Waals surface area contributed by atoms with Crippen molar-refractivity contribution in [1.82, 2.24) is 29.4 Å². The van der Waals surface area contributed by atoms with Crippen LogP contribution in [0.2, 0.25) is 0 Å². The first-order valence-corrected chi connectivity index (χ1v) is 16.6. The maximum Gasteiger partial charge on any atom is 0.416 e. The SMILES string of the molecule is CCc1c(N2CCN(C(=O)CNC(=O)c3cccc(O)c3F)CC2)c(=O)n2nc(N3CCOCC3)nc2n1CC(=O)Nc1ccc(C(F)(F)F)cc1F. The van der Waals surface area contributed by atoms with Gasteiger partial charge in [0.05, 0.1) is 42.3 Å². The molecule has 2 aliphatic rings. The zero-order valence-corrected chi connectivity index (χ0v) is 28.3. The molecule has 4 heterocycles. The van der Waals surface area contributed by atoms with Crippen molar-refractivity contribution in [2.45, 2.75) is 26.1 Å². The van der Waals surface area contributed by atoms with E-state index in [2.05, 4.69) is 20.7 Å². The molecule has 2 aromatic heterocycles. The number of carbonyl (C=O) groups is 3. The molecule has 2 aromatic carbocycles. The number of nitrogens with one attached hydrogen (secondary N) is 2. The van der Waals surface area contributed by atoms with Gasteiger partial charge in [0.1, 0.15) is 18.0 Å². The minimum absolute atomic E-state index is 0.00728. The van der Waals surface area contributed by atoms with Gasteiger partial charge in [0.25, 0.3) is 11.5 Å². The largest absolute Gasteiger partial charge is 0.505 e. The number of anilines is 3. The van der Waals surface area contributed by atoms with E-state index in [1.807, 2.05) is 0 Å². The Kier molecular flexibility index (Phi) is 10.5. The molecule has 0 aliphatic carbocycles. The topological polar surface area (TPSA) is 167 Å². The Hall–Kier alpha value is -5.79. The van der Waals surface area contributed by atoms with Crippen molar-refractivity contribution < 1.29 is 46.2 Å². The summed E-state index contributed by atoms with van der Waals surface area (Å²) in [4.78, 5) is 62.5. The maximum absolute atomic E-state index is 14.6. The summed E-state index contributed by atoms with van der Waals surface area (Å²) in [5.41, 5.74) is -2.13. The first-order chi connectivity index (χ1) is 25.3. The molecule has 15 nitrogen and oxygen atoms in total. The summed E-state index contributed by atoms with van der Waals surface area (Å²) in [6.45, 7) is 3.00. The van der Waals surface area contributed by atoms with Crippen LogP contribution in [0.3, 0.4) is 0 Å². The molecule has 2 saturated heterocycles. The summed E-state index contributed by atoms with van der Waals surface area (Å²) in [5, 5.41) is 18.7. The first kappa shape index (κ1) is 37.0. The van der Waals surface area contributed by atoms with E-state index >= 15 is 0 Å². The lowest BCUT2D eigenvalue weighted by molar-refractivity contribution is -0.137. The smallest absolute Gasteiger partial charge is 0.416 e. The number of aromatic hydroxyl groups is 1. The van der Waals surface area contributed by atoms with Crippen LogP contribution in [-0.2, 0) is 33.5 Å². The van der Waals surface area contributed by atoms with Crippen LogP contribution in [0.4, 0.5) is 39.3 Å². The van der Waals surface area contributed by atoms with Crippen molar-refractivity contribution in [2.75, 3.05) is 74.1 Å². The zero-order chi connectivity index (χ0) is 38.0. The Morgan fingerprint density at radius 3 is 2.36 bits per heavy atom. The van der Waals surface area contributed by atoms with Crippen LogP contribution in [0, 0.1) is 11.6 Å². The monoisotopic (exact) mass is 747 g/mol. The predicted octanol–water partition coefficient (Wildman–Crippen LogP) is 2.01. The molecule has 0 atom stereocenters. The van der Waals surface area contributed by atoms with Crippen molar-refractivity contribution in [1.29, 1.82) is 0 Å². The van der Waals surface area contributed by atoms with Crippen molar-refractivity contribution >= 4 is 40.8 Å². The Labute approximate surface area is 297 Å². The van der Waals surface area contributed by atoms with E-state index < -0.39 is 76.7 Å². The van der Waals surface area contributed by atoms with Crippen molar-refractivity contribution in [3.8, 4) is 5.75 Å². The number of hydrogen-bond donors (Lipinski definition) is 3. The van der Waals surface area contributed by atoms with Crippen molar-refractivity contribution in [3.63, 3.8) is 0 Å². The molecule has 3 amide bonds. The Bertz CT molecular complexity index is 2110. The standard InChI is InChI=1S/C33H34F5N9O6/c1-2-23-28(44-10-8-43(9-11-44)26(50)17-39-29(51)20-4-3-5-24(48)27(20)35)30(52)47-32(41-31(42-47)45-12-14-53-15-13-45)46(23)18-25(49)40-22-7-6-19(16-21(22)34)33(36,37)38/h3-7,16,48H,2,8-15,17-18H2,1H3,(H,39,51)(H,40,49). The minimum Gasteiger partial charge on any atom is -0.505 e. The van der Waals surface area contributed by atoms with E-state index in [0.717, 1.165) is 22.7 Å². The van der Waals surface area contributed by atoms with Crippen LogP contribution in [0.25, 0.3) is 5.78 Å². The van der Waals surface area contributed by atoms with E-state index in [4.69, 9.17) is 4.74 Å². The fourth-order valence-corrected chi connectivity index (χ4v) is 6.18. The fraction of sp³-hybridized carbons (Fsp3) is 0.394. The second-order valence-corrected chi connectivity index (χ2v) is 12.2. The number of piperazine rings is 1. The van der Waals surface area contributed by atoms with Crippen molar-refractivity contribution in [2.24, 2.45) is 0 Å². The summed E-state index contributed by atoms with van der Waals surface area (Å²) in [6, 6.07) is 5.28. The van der Waals surface area contributed by atoms with Crippen LogP contribution < -0.4 is 26.0 Å². The highest BCUT2D eigenvalue weighted by molar-refractivity contribution is 5.97. The third-order valence-corrected chi connectivity index (χ3v) is 8.89. The lowest BCUT2D eigenvalue weighted by Crippen LogP contribution is -2.52. The first-order valence-electron chi connectivity index (χ1n) is 16.6. The van der Waals surface area contributed by atoms with Gasteiger partial charge in [-0.25, -0.2) is 8.78 Å². The highest BCUT2D eigenvalue weighted by Gasteiger charge is 2.32. The van der Waals surface area contributed by atoms with Gasteiger partial charge in [0, 0.05) is 39.3 Å². The molecule has 282 valence electrons. The van der Waals surface area contributed by atoms with Crippen LogP contribution in [0.5, 0.6) is 5.75 Å². The number of carbonyl (C=O) groups excluding carboxylic acids is 3. The van der Waals surface area contributed by atoms with E-state index in [9.17, 15) is 46.2 Å². The number of hydrogen-bond acceptors (Lipinski definition) is 10. The molecule has 2 fully saturated rings. The lowest BCUT2D eigenvalue weighted by atomic mass is 10.2. The van der Waals surface area contributed by atoms with Gasteiger partial charge in [-0.15, -0.1) is 5.10 Å². The van der Waals surface area contributed by atoms with Gasteiger partial charge >= 0.3 is 6.18 Å². The molecule has 0 saturated carbocycles. The number of rotatable bonds is 9. The summed E-state index contributed by atoms with van der Waals surface area (Å²) in [5.74, 6) is -5.07. The average Bonchev–Trinajstić information content (AvgIpc) is 3.60. The number of benzene rings is 2. The minimum atomic E-state index is -4.79. The summed E-state index contributed by atoms with van der Waals surface area (Å²) in [7, 11) is 0. The highest BCUT2D eigenvalue weighted by Crippen LogP contribution is 2.31. The third-order valence-electron chi connectivity index (χ3n) is 8.89. The van der Waals surface area contributed by atoms with Gasteiger partial charge in [-0.05, 0) is 36.8 Å². The molecule has 0 unspecified atom stereocenters. The number of amides is 3. The lowest BCUT2D eigenvalue weighted by Gasteiger charge is -2.36. The maximum atomic E-state index is 14.6. The number of phenolic OH excluding ortho intramolecular Hbond substituents is 1. The molecular weight excluding hydrogens is 713 g/mol. The number of morpholine rings is 1. The summed E-state index contributed by atoms with van der Waals surface area (Å²) in [6.07, 6.45) is -4.58. The predicted molar refractivity (Wildman–Crippen MR) is 179 cm³/mol. The van der Waals surface area contributed by atoms with Gasteiger partial charge in [-0.3, -0.25) is 19.2 Å². The second-order valence-electron chi connectivity index (χ2n) is 12.2. The fourth-order valence-electron chi connectivity index (χ4n) is 6.18. The Morgan fingerprint density at radius 1 is 0.981 bits per heavy atom. The second kappa shape index (κ2) is 15.1. The van der Waals surface area contributed by atoms with E-state index in [0.29, 0.717) is 38.1 Å². The third kappa shape index (κ3) is 7.71. The molecule has 0 spiro atoms. The number of nitrogens with zero attached hydrogens (tertiary/aromatic N) is 7. The number of halogens is 5. The number of fused-ring (bicyclic) bond motifs is 1. The zero-order valence-electron chi connectivity index (χ0n) is 28.3.